The lowest BCUT2D eigenvalue weighted by Crippen LogP contribution is -2.30. The maximum Gasteiger partial charge on any atom is 0.238 e. The standard InChI is InChI=1S/C17H19BrN2O/c1-12-5-3-4-6-16(12)13(2)19-11-17(21)20-15-9-7-14(18)8-10-15/h3-10,13,19H,11H2,1-2H3,(H,20,21)/t13-/m1/s1. The number of amides is 1. The molecule has 0 spiro atoms. The SMILES string of the molecule is Cc1ccccc1[C@@H](C)NCC(=O)Nc1ccc(Br)cc1. The van der Waals surface area contributed by atoms with Crippen LogP contribution in [0.5, 0.6) is 0 Å². The summed E-state index contributed by atoms with van der Waals surface area (Å²) in [5.74, 6) is -0.0437. The Kier molecular flexibility index (Phi) is 5.53. The van der Waals surface area contributed by atoms with E-state index in [0.29, 0.717) is 0 Å². The molecule has 0 aromatic heterocycles. The van der Waals surface area contributed by atoms with E-state index in [-0.39, 0.29) is 18.5 Å². The summed E-state index contributed by atoms with van der Waals surface area (Å²) in [5.41, 5.74) is 3.24. The van der Waals surface area contributed by atoms with Crippen LogP contribution in [-0.4, -0.2) is 12.5 Å². The molecule has 0 aliphatic heterocycles. The Labute approximate surface area is 133 Å². The van der Waals surface area contributed by atoms with Crippen molar-refractivity contribution in [2.45, 2.75) is 19.9 Å². The van der Waals surface area contributed by atoms with Gasteiger partial charge in [-0.2, -0.15) is 0 Å². The molecule has 1 atom stereocenters. The highest BCUT2D eigenvalue weighted by atomic mass is 79.9. The molecule has 4 heteroatoms. The molecule has 0 bridgehead atoms. The quantitative estimate of drug-likeness (QED) is 0.857. The van der Waals surface area contributed by atoms with E-state index >= 15 is 0 Å². The molecule has 110 valence electrons. The van der Waals surface area contributed by atoms with Crippen LogP contribution < -0.4 is 10.6 Å². The van der Waals surface area contributed by atoms with E-state index in [1.165, 1.54) is 11.1 Å². The minimum Gasteiger partial charge on any atom is -0.325 e. The van der Waals surface area contributed by atoms with Crippen LogP contribution in [0.4, 0.5) is 5.69 Å². The fourth-order valence-electron chi connectivity index (χ4n) is 2.17. The normalized spacial score (nSPS) is 12.0. The van der Waals surface area contributed by atoms with Crippen molar-refractivity contribution in [2.75, 3.05) is 11.9 Å². The van der Waals surface area contributed by atoms with Crippen molar-refractivity contribution >= 4 is 27.5 Å². The first-order chi connectivity index (χ1) is 10.1. The summed E-state index contributed by atoms with van der Waals surface area (Å²) in [5, 5.41) is 6.12. The van der Waals surface area contributed by atoms with Gasteiger partial charge in [-0.15, -0.1) is 0 Å². The van der Waals surface area contributed by atoms with Gasteiger partial charge in [0, 0.05) is 16.2 Å². The first-order valence-electron chi connectivity index (χ1n) is 6.90. The zero-order valence-corrected chi connectivity index (χ0v) is 13.8. The van der Waals surface area contributed by atoms with Crippen molar-refractivity contribution in [1.29, 1.82) is 0 Å². The zero-order chi connectivity index (χ0) is 15.2. The number of aryl methyl sites for hydroxylation is 1. The molecule has 0 aliphatic rings. The largest absolute Gasteiger partial charge is 0.325 e. The number of halogens is 1. The predicted octanol–water partition coefficient (Wildman–Crippen LogP) is 4.05. The van der Waals surface area contributed by atoms with Crippen LogP contribution in [-0.2, 0) is 4.79 Å². The van der Waals surface area contributed by atoms with Gasteiger partial charge >= 0.3 is 0 Å². The monoisotopic (exact) mass is 346 g/mol. The molecular weight excluding hydrogens is 328 g/mol. The molecule has 0 unspecified atom stereocenters. The number of hydrogen-bond acceptors (Lipinski definition) is 2. The van der Waals surface area contributed by atoms with E-state index < -0.39 is 0 Å². The van der Waals surface area contributed by atoms with Crippen LogP contribution in [0.2, 0.25) is 0 Å². The molecule has 1 amide bonds. The van der Waals surface area contributed by atoms with Gasteiger partial charge in [-0.1, -0.05) is 40.2 Å². The van der Waals surface area contributed by atoms with Gasteiger partial charge in [-0.3, -0.25) is 4.79 Å². The summed E-state index contributed by atoms with van der Waals surface area (Å²) >= 11 is 3.37. The Morgan fingerprint density at radius 2 is 1.81 bits per heavy atom. The summed E-state index contributed by atoms with van der Waals surface area (Å²) in [6.07, 6.45) is 0. The lowest BCUT2D eigenvalue weighted by molar-refractivity contribution is -0.115. The maximum absolute atomic E-state index is 11.9. The molecule has 0 aliphatic carbocycles. The Morgan fingerprint density at radius 1 is 1.14 bits per heavy atom. The van der Waals surface area contributed by atoms with E-state index in [1.807, 2.05) is 36.4 Å². The van der Waals surface area contributed by atoms with Crippen molar-refractivity contribution in [3.8, 4) is 0 Å². The van der Waals surface area contributed by atoms with E-state index in [1.54, 1.807) is 0 Å². The molecular formula is C17H19BrN2O. The molecule has 0 fully saturated rings. The molecule has 0 heterocycles. The summed E-state index contributed by atoms with van der Waals surface area (Å²) in [6.45, 7) is 4.43. The molecule has 0 radical (unpaired) electrons. The number of nitrogens with one attached hydrogen (secondary N) is 2. The fraction of sp³-hybridized carbons (Fsp3) is 0.235. The lowest BCUT2D eigenvalue weighted by Gasteiger charge is -2.16. The molecule has 3 nitrogen and oxygen atoms in total. The van der Waals surface area contributed by atoms with Gasteiger partial charge in [0.15, 0.2) is 0 Å². The van der Waals surface area contributed by atoms with Crippen LogP contribution in [0.3, 0.4) is 0 Å². The Hall–Kier alpha value is -1.65. The number of anilines is 1. The maximum atomic E-state index is 11.9. The molecule has 2 N–H and O–H groups in total. The molecule has 2 rings (SSSR count). The van der Waals surface area contributed by atoms with E-state index in [0.717, 1.165) is 10.2 Å². The number of hydrogen-bond donors (Lipinski definition) is 2. The molecule has 0 saturated heterocycles. The zero-order valence-electron chi connectivity index (χ0n) is 12.2. The van der Waals surface area contributed by atoms with Gasteiger partial charge in [-0.25, -0.2) is 0 Å². The summed E-state index contributed by atoms with van der Waals surface area (Å²) in [7, 11) is 0. The Balaban J connectivity index is 1.86. The van der Waals surface area contributed by atoms with Crippen molar-refractivity contribution in [1.82, 2.24) is 5.32 Å². The second-order valence-electron chi connectivity index (χ2n) is 5.01. The highest BCUT2D eigenvalue weighted by Crippen LogP contribution is 2.16. The third kappa shape index (κ3) is 4.69. The van der Waals surface area contributed by atoms with Gasteiger partial charge < -0.3 is 10.6 Å². The van der Waals surface area contributed by atoms with Crippen molar-refractivity contribution in [3.63, 3.8) is 0 Å². The molecule has 0 saturated carbocycles. The third-order valence-corrected chi connectivity index (χ3v) is 3.88. The average Bonchev–Trinajstić information content (AvgIpc) is 2.48. The van der Waals surface area contributed by atoms with Gasteiger partial charge in [0.05, 0.1) is 6.54 Å². The van der Waals surface area contributed by atoms with Gasteiger partial charge in [-0.05, 0) is 49.2 Å². The van der Waals surface area contributed by atoms with Gasteiger partial charge in [0.2, 0.25) is 5.91 Å². The van der Waals surface area contributed by atoms with E-state index in [2.05, 4.69) is 52.5 Å². The minimum absolute atomic E-state index is 0.0437. The van der Waals surface area contributed by atoms with E-state index in [4.69, 9.17) is 0 Å². The van der Waals surface area contributed by atoms with Crippen molar-refractivity contribution in [3.05, 3.63) is 64.1 Å². The first-order valence-corrected chi connectivity index (χ1v) is 7.70. The van der Waals surface area contributed by atoms with E-state index in [9.17, 15) is 4.79 Å². The average molecular weight is 347 g/mol. The molecule has 21 heavy (non-hydrogen) atoms. The highest BCUT2D eigenvalue weighted by molar-refractivity contribution is 9.10. The van der Waals surface area contributed by atoms with Crippen LogP contribution in [0.1, 0.15) is 24.1 Å². The second-order valence-corrected chi connectivity index (χ2v) is 5.93. The van der Waals surface area contributed by atoms with Crippen LogP contribution in [0, 0.1) is 6.92 Å². The predicted molar refractivity (Wildman–Crippen MR) is 90.4 cm³/mol. The number of rotatable bonds is 5. The second kappa shape index (κ2) is 7.38. The fourth-order valence-corrected chi connectivity index (χ4v) is 2.43. The minimum atomic E-state index is -0.0437. The van der Waals surface area contributed by atoms with Crippen LogP contribution in [0.25, 0.3) is 0 Å². The first kappa shape index (κ1) is 15.7. The van der Waals surface area contributed by atoms with Gasteiger partial charge in [0.1, 0.15) is 0 Å². The molecule has 2 aromatic rings. The lowest BCUT2D eigenvalue weighted by atomic mass is 10.0. The summed E-state index contributed by atoms with van der Waals surface area (Å²) in [6, 6.07) is 15.9. The third-order valence-electron chi connectivity index (χ3n) is 3.35. The molecule has 2 aromatic carbocycles. The summed E-state index contributed by atoms with van der Waals surface area (Å²) in [4.78, 5) is 11.9. The van der Waals surface area contributed by atoms with Crippen LogP contribution >= 0.6 is 15.9 Å². The smallest absolute Gasteiger partial charge is 0.238 e. The van der Waals surface area contributed by atoms with Gasteiger partial charge in [0.25, 0.3) is 0 Å². The van der Waals surface area contributed by atoms with Crippen LogP contribution in [0.15, 0.2) is 53.0 Å². The number of carbonyl (C=O) groups excluding carboxylic acids is 1. The number of carbonyl (C=O) groups is 1. The topological polar surface area (TPSA) is 41.1 Å². The Bertz CT molecular complexity index is 610. The Morgan fingerprint density at radius 3 is 2.48 bits per heavy atom. The summed E-state index contributed by atoms with van der Waals surface area (Å²) < 4.78 is 0.992. The number of benzene rings is 2. The van der Waals surface area contributed by atoms with Crippen molar-refractivity contribution in [2.24, 2.45) is 0 Å². The highest BCUT2D eigenvalue weighted by Gasteiger charge is 2.09. The van der Waals surface area contributed by atoms with Crippen molar-refractivity contribution < 1.29 is 4.79 Å².